The van der Waals surface area contributed by atoms with Crippen LogP contribution in [0, 0.1) is 11.3 Å². The molecule has 0 saturated heterocycles. The zero-order valence-electron chi connectivity index (χ0n) is 9.92. The Bertz CT molecular complexity index is 305. The molecule has 1 aliphatic heterocycles. The molecule has 1 aliphatic carbocycles. The van der Waals surface area contributed by atoms with Crippen LogP contribution in [0.25, 0.3) is 0 Å². The Hall–Kier alpha value is -0.980. The van der Waals surface area contributed by atoms with E-state index >= 15 is 0 Å². The smallest absolute Gasteiger partial charge is 0.122 e. The van der Waals surface area contributed by atoms with Crippen LogP contribution in [0.1, 0.15) is 33.6 Å². The third kappa shape index (κ3) is 2.01. The SMILES string of the molecule is CC(C)C1(C)C=CC2=C(C=C1)OCCC2. The summed E-state index contributed by atoms with van der Waals surface area (Å²) in [5, 5.41) is 0. The summed E-state index contributed by atoms with van der Waals surface area (Å²) >= 11 is 0. The molecule has 0 aromatic rings. The van der Waals surface area contributed by atoms with E-state index in [2.05, 4.69) is 45.1 Å². The molecule has 0 N–H and O–H groups in total. The highest BCUT2D eigenvalue weighted by atomic mass is 16.5. The molecule has 0 aromatic heterocycles. The lowest BCUT2D eigenvalue weighted by atomic mass is 9.79. The summed E-state index contributed by atoms with van der Waals surface area (Å²) in [6, 6.07) is 0. The molecular weight excluding hydrogens is 184 g/mol. The van der Waals surface area contributed by atoms with Gasteiger partial charge in [0.2, 0.25) is 0 Å². The quantitative estimate of drug-likeness (QED) is 0.630. The second kappa shape index (κ2) is 3.88. The van der Waals surface area contributed by atoms with Crippen LogP contribution in [0.15, 0.2) is 35.6 Å². The van der Waals surface area contributed by atoms with E-state index in [0.717, 1.165) is 25.2 Å². The standard InChI is InChI=1S/C14H20O/c1-11(2)14(3)8-6-12-5-4-10-15-13(12)7-9-14/h6-9,11H,4-5,10H2,1-3H3. The number of allylic oxidation sites excluding steroid dienone is 5. The molecule has 1 unspecified atom stereocenters. The van der Waals surface area contributed by atoms with Gasteiger partial charge in [-0.1, -0.05) is 39.0 Å². The largest absolute Gasteiger partial charge is 0.493 e. The van der Waals surface area contributed by atoms with E-state index in [0.29, 0.717) is 5.92 Å². The van der Waals surface area contributed by atoms with Crippen molar-refractivity contribution in [3.05, 3.63) is 35.6 Å². The maximum absolute atomic E-state index is 5.68. The average Bonchev–Trinajstić information content (AvgIpc) is 2.40. The summed E-state index contributed by atoms with van der Waals surface area (Å²) in [6.45, 7) is 7.68. The number of rotatable bonds is 1. The van der Waals surface area contributed by atoms with Gasteiger partial charge in [0.25, 0.3) is 0 Å². The molecule has 0 aromatic carbocycles. The van der Waals surface area contributed by atoms with Gasteiger partial charge in [-0.25, -0.2) is 0 Å². The molecule has 1 nitrogen and oxygen atoms in total. The Morgan fingerprint density at radius 2 is 2.00 bits per heavy atom. The average molecular weight is 204 g/mol. The zero-order chi connectivity index (χ0) is 10.9. The van der Waals surface area contributed by atoms with Crippen molar-refractivity contribution < 1.29 is 4.74 Å². The lowest BCUT2D eigenvalue weighted by molar-refractivity contribution is 0.201. The van der Waals surface area contributed by atoms with Gasteiger partial charge in [0.05, 0.1) is 6.61 Å². The Balaban J connectivity index is 2.30. The molecule has 1 atom stereocenters. The van der Waals surface area contributed by atoms with Crippen molar-refractivity contribution in [3.8, 4) is 0 Å². The fourth-order valence-corrected chi connectivity index (χ4v) is 1.96. The fourth-order valence-electron chi connectivity index (χ4n) is 1.96. The van der Waals surface area contributed by atoms with Crippen molar-refractivity contribution in [2.75, 3.05) is 6.61 Å². The van der Waals surface area contributed by atoms with E-state index in [4.69, 9.17) is 4.74 Å². The van der Waals surface area contributed by atoms with Crippen LogP contribution in [-0.2, 0) is 4.74 Å². The predicted molar refractivity (Wildman–Crippen MR) is 63.4 cm³/mol. The normalized spacial score (nSPS) is 30.1. The number of hydrogen-bond donors (Lipinski definition) is 0. The summed E-state index contributed by atoms with van der Waals surface area (Å²) in [7, 11) is 0. The van der Waals surface area contributed by atoms with Crippen LogP contribution >= 0.6 is 0 Å². The molecular formula is C14H20O. The van der Waals surface area contributed by atoms with Crippen molar-refractivity contribution in [2.24, 2.45) is 11.3 Å². The van der Waals surface area contributed by atoms with Crippen molar-refractivity contribution in [3.63, 3.8) is 0 Å². The molecule has 2 rings (SSSR count). The molecule has 2 aliphatic rings. The van der Waals surface area contributed by atoms with Gasteiger partial charge < -0.3 is 4.74 Å². The molecule has 0 saturated carbocycles. The van der Waals surface area contributed by atoms with Crippen molar-refractivity contribution in [2.45, 2.75) is 33.6 Å². The first-order valence-electron chi connectivity index (χ1n) is 5.86. The second-order valence-electron chi connectivity index (χ2n) is 5.03. The Kier molecular flexibility index (Phi) is 2.72. The maximum Gasteiger partial charge on any atom is 0.122 e. The van der Waals surface area contributed by atoms with E-state index in [1.165, 1.54) is 5.57 Å². The molecule has 0 radical (unpaired) electrons. The van der Waals surface area contributed by atoms with Gasteiger partial charge in [-0.2, -0.15) is 0 Å². The molecule has 15 heavy (non-hydrogen) atoms. The van der Waals surface area contributed by atoms with Crippen LogP contribution in [0.5, 0.6) is 0 Å². The van der Waals surface area contributed by atoms with E-state index in [1.807, 2.05) is 0 Å². The number of hydrogen-bond acceptors (Lipinski definition) is 1. The van der Waals surface area contributed by atoms with Gasteiger partial charge in [-0.15, -0.1) is 0 Å². The minimum atomic E-state index is 0.167. The van der Waals surface area contributed by atoms with E-state index in [-0.39, 0.29) is 5.41 Å². The Labute approximate surface area is 92.5 Å². The van der Waals surface area contributed by atoms with E-state index in [9.17, 15) is 0 Å². The van der Waals surface area contributed by atoms with Gasteiger partial charge in [-0.05, 0) is 30.4 Å². The van der Waals surface area contributed by atoms with Crippen LogP contribution in [0.4, 0.5) is 0 Å². The molecule has 82 valence electrons. The summed E-state index contributed by atoms with van der Waals surface area (Å²) in [5.74, 6) is 1.70. The first kappa shape index (κ1) is 10.5. The summed E-state index contributed by atoms with van der Waals surface area (Å²) in [5.41, 5.74) is 1.53. The minimum absolute atomic E-state index is 0.167. The van der Waals surface area contributed by atoms with Crippen molar-refractivity contribution >= 4 is 0 Å². The maximum atomic E-state index is 5.68. The van der Waals surface area contributed by atoms with Crippen molar-refractivity contribution in [1.82, 2.24) is 0 Å². The van der Waals surface area contributed by atoms with Gasteiger partial charge in [0.15, 0.2) is 0 Å². The predicted octanol–water partition coefficient (Wildman–Crippen LogP) is 3.84. The molecule has 1 heterocycles. The highest BCUT2D eigenvalue weighted by molar-refractivity contribution is 5.36. The molecule has 0 fully saturated rings. The van der Waals surface area contributed by atoms with Crippen LogP contribution in [0.3, 0.4) is 0 Å². The van der Waals surface area contributed by atoms with Gasteiger partial charge in [-0.3, -0.25) is 0 Å². The summed E-state index contributed by atoms with van der Waals surface area (Å²) < 4.78 is 5.68. The fraction of sp³-hybridized carbons (Fsp3) is 0.571. The first-order valence-corrected chi connectivity index (χ1v) is 5.86. The van der Waals surface area contributed by atoms with E-state index in [1.54, 1.807) is 0 Å². The third-order valence-electron chi connectivity index (χ3n) is 3.65. The van der Waals surface area contributed by atoms with E-state index < -0.39 is 0 Å². The number of ether oxygens (including phenoxy) is 1. The second-order valence-corrected chi connectivity index (χ2v) is 5.03. The summed E-state index contributed by atoms with van der Waals surface area (Å²) in [4.78, 5) is 0. The molecule has 0 spiro atoms. The Morgan fingerprint density at radius 1 is 1.27 bits per heavy atom. The first-order chi connectivity index (χ1) is 7.12. The molecule has 0 amide bonds. The summed E-state index contributed by atoms with van der Waals surface area (Å²) in [6.07, 6.45) is 11.3. The highest BCUT2D eigenvalue weighted by Crippen LogP contribution is 2.35. The molecule has 1 heteroatoms. The van der Waals surface area contributed by atoms with Gasteiger partial charge >= 0.3 is 0 Å². The molecule has 0 bridgehead atoms. The van der Waals surface area contributed by atoms with Gasteiger partial charge in [0, 0.05) is 5.41 Å². The third-order valence-corrected chi connectivity index (χ3v) is 3.65. The lowest BCUT2D eigenvalue weighted by Gasteiger charge is -2.26. The highest BCUT2D eigenvalue weighted by Gasteiger charge is 2.24. The van der Waals surface area contributed by atoms with Crippen molar-refractivity contribution in [1.29, 1.82) is 0 Å². The zero-order valence-corrected chi connectivity index (χ0v) is 9.92. The Morgan fingerprint density at radius 3 is 2.73 bits per heavy atom. The van der Waals surface area contributed by atoms with Gasteiger partial charge in [0.1, 0.15) is 5.76 Å². The van der Waals surface area contributed by atoms with Crippen LogP contribution < -0.4 is 0 Å². The van der Waals surface area contributed by atoms with Crippen LogP contribution in [-0.4, -0.2) is 6.61 Å². The minimum Gasteiger partial charge on any atom is -0.493 e. The monoisotopic (exact) mass is 204 g/mol. The van der Waals surface area contributed by atoms with Crippen LogP contribution in [0.2, 0.25) is 0 Å². The topological polar surface area (TPSA) is 9.23 Å². The lowest BCUT2D eigenvalue weighted by Crippen LogP contribution is -2.17.